The van der Waals surface area contributed by atoms with E-state index in [4.69, 9.17) is 4.74 Å². The molecule has 0 N–H and O–H groups in total. The molecule has 0 unspecified atom stereocenters. The summed E-state index contributed by atoms with van der Waals surface area (Å²) >= 11 is 0. The van der Waals surface area contributed by atoms with Gasteiger partial charge in [-0.1, -0.05) is 39.3 Å². The fraction of sp³-hybridized carbons (Fsp3) is 0.667. The molecular formula is C21H33NO2. The highest BCUT2D eigenvalue weighted by atomic mass is 16.5. The summed E-state index contributed by atoms with van der Waals surface area (Å²) in [5.74, 6) is -0.222. The van der Waals surface area contributed by atoms with Gasteiger partial charge in [0.1, 0.15) is 6.10 Å². The number of likely N-dealkylation sites (tertiary alicyclic amines) is 1. The number of nitrogens with zero attached hydrogens (tertiary/aromatic N) is 1. The molecule has 3 nitrogen and oxygen atoms in total. The summed E-state index contributed by atoms with van der Waals surface area (Å²) in [7, 11) is 0. The third kappa shape index (κ3) is 4.83. The van der Waals surface area contributed by atoms with Gasteiger partial charge in [0.25, 0.3) is 0 Å². The predicted octanol–water partition coefficient (Wildman–Crippen LogP) is 4.79. The molecule has 1 aliphatic rings. The van der Waals surface area contributed by atoms with Crippen molar-refractivity contribution in [1.29, 1.82) is 0 Å². The first-order chi connectivity index (χ1) is 11.2. The zero-order valence-electron chi connectivity index (χ0n) is 16.1. The van der Waals surface area contributed by atoms with Crippen LogP contribution < -0.4 is 0 Å². The van der Waals surface area contributed by atoms with Gasteiger partial charge in [-0.15, -0.1) is 0 Å². The van der Waals surface area contributed by atoms with Crippen molar-refractivity contribution in [3.8, 4) is 0 Å². The van der Waals surface area contributed by atoms with Crippen LogP contribution in [0.3, 0.4) is 0 Å². The number of esters is 1. The van der Waals surface area contributed by atoms with E-state index in [2.05, 4.69) is 39.5 Å². The van der Waals surface area contributed by atoms with Crippen molar-refractivity contribution >= 4 is 5.97 Å². The van der Waals surface area contributed by atoms with Crippen molar-refractivity contribution in [1.82, 2.24) is 4.90 Å². The van der Waals surface area contributed by atoms with E-state index in [1.807, 2.05) is 31.2 Å². The Morgan fingerprint density at radius 1 is 1.17 bits per heavy atom. The van der Waals surface area contributed by atoms with E-state index in [0.29, 0.717) is 17.6 Å². The van der Waals surface area contributed by atoms with E-state index in [1.165, 1.54) is 24.8 Å². The fourth-order valence-electron chi connectivity index (χ4n) is 3.53. The number of carbonyl (C=O) groups excluding carboxylic acids is 1. The van der Waals surface area contributed by atoms with Gasteiger partial charge < -0.3 is 4.74 Å². The molecule has 0 aromatic heterocycles. The molecule has 134 valence electrons. The summed E-state index contributed by atoms with van der Waals surface area (Å²) in [4.78, 5) is 14.9. The average molecular weight is 332 g/mol. The average Bonchev–Trinajstić information content (AvgIpc) is 2.50. The van der Waals surface area contributed by atoms with Crippen LogP contribution >= 0.6 is 0 Å². The number of ether oxygens (including phenoxy) is 1. The molecule has 1 aliphatic heterocycles. The molecule has 3 heteroatoms. The summed E-state index contributed by atoms with van der Waals surface area (Å²) in [6.45, 7) is 13.9. The van der Waals surface area contributed by atoms with Gasteiger partial charge >= 0.3 is 5.97 Å². The van der Waals surface area contributed by atoms with E-state index in [9.17, 15) is 4.79 Å². The van der Waals surface area contributed by atoms with Crippen molar-refractivity contribution in [3.63, 3.8) is 0 Å². The van der Waals surface area contributed by atoms with E-state index < -0.39 is 0 Å². The van der Waals surface area contributed by atoms with Gasteiger partial charge in [-0.3, -0.25) is 4.90 Å². The van der Waals surface area contributed by atoms with Gasteiger partial charge in [-0.25, -0.2) is 4.79 Å². The summed E-state index contributed by atoms with van der Waals surface area (Å²) < 4.78 is 5.68. The van der Waals surface area contributed by atoms with Crippen molar-refractivity contribution in [2.24, 2.45) is 0 Å². The molecule has 1 heterocycles. The Bertz CT molecular complexity index is 534. The predicted molar refractivity (Wildman–Crippen MR) is 99.5 cm³/mol. The van der Waals surface area contributed by atoms with Crippen LogP contribution in [0.2, 0.25) is 0 Å². The summed E-state index contributed by atoms with van der Waals surface area (Å²) in [5, 5.41) is 0. The Hall–Kier alpha value is -1.35. The Morgan fingerprint density at radius 2 is 1.71 bits per heavy atom. The van der Waals surface area contributed by atoms with E-state index in [1.54, 1.807) is 0 Å². The minimum Gasteiger partial charge on any atom is -0.458 e. The maximum atomic E-state index is 12.4. The molecule has 0 aliphatic carbocycles. The molecule has 1 aromatic carbocycles. The third-order valence-corrected chi connectivity index (χ3v) is 5.14. The van der Waals surface area contributed by atoms with Gasteiger partial charge in [0, 0.05) is 18.6 Å². The molecule has 0 amide bonds. The lowest BCUT2D eigenvalue weighted by Gasteiger charge is -2.40. The maximum absolute atomic E-state index is 12.4. The maximum Gasteiger partial charge on any atom is 0.338 e. The number of hydrogen-bond acceptors (Lipinski definition) is 3. The van der Waals surface area contributed by atoms with Crippen LogP contribution in [0.5, 0.6) is 0 Å². The molecule has 0 radical (unpaired) electrons. The van der Waals surface area contributed by atoms with Gasteiger partial charge in [-0.2, -0.15) is 0 Å². The van der Waals surface area contributed by atoms with Crippen LogP contribution in [0.1, 0.15) is 76.7 Å². The first-order valence-electron chi connectivity index (χ1n) is 9.25. The lowest BCUT2D eigenvalue weighted by molar-refractivity contribution is 0.00811. The monoisotopic (exact) mass is 331 g/mol. The van der Waals surface area contributed by atoms with Crippen molar-refractivity contribution in [3.05, 3.63) is 35.4 Å². The summed E-state index contributed by atoms with van der Waals surface area (Å²) in [6, 6.07) is 8.94. The van der Waals surface area contributed by atoms with Crippen molar-refractivity contribution < 1.29 is 9.53 Å². The Morgan fingerprint density at radius 3 is 2.21 bits per heavy atom. The molecule has 0 spiro atoms. The minimum absolute atomic E-state index is 0.0935. The number of hydrogen-bond donors (Lipinski definition) is 0. The second kappa shape index (κ2) is 7.69. The van der Waals surface area contributed by atoms with E-state index >= 15 is 0 Å². The summed E-state index contributed by atoms with van der Waals surface area (Å²) in [5.41, 5.74) is 1.95. The van der Waals surface area contributed by atoms with E-state index in [-0.39, 0.29) is 17.5 Å². The van der Waals surface area contributed by atoms with Crippen LogP contribution in [0.15, 0.2) is 24.3 Å². The second-order valence-electron chi connectivity index (χ2n) is 8.37. The lowest BCUT2D eigenvalue weighted by atomic mass is 9.87. The number of carbonyl (C=O) groups is 1. The molecule has 1 aromatic rings. The van der Waals surface area contributed by atoms with Gasteiger partial charge in [0.05, 0.1) is 5.56 Å². The van der Waals surface area contributed by atoms with Crippen LogP contribution in [-0.2, 0) is 10.2 Å². The van der Waals surface area contributed by atoms with Crippen LogP contribution in [0.25, 0.3) is 0 Å². The van der Waals surface area contributed by atoms with E-state index in [0.717, 1.165) is 6.54 Å². The molecule has 0 bridgehead atoms. The van der Waals surface area contributed by atoms with Crippen LogP contribution in [0.4, 0.5) is 0 Å². The molecular weight excluding hydrogens is 298 g/mol. The highest BCUT2D eigenvalue weighted by Gasteiger charge is 2.27. The first kappa shape index (κ1) is 19.0. The SMILES string of the molecule is C[C@@H](CN1[C@@H](C)CCC[C@@H]1C)OC(=O)c1ccc(C(C)(C)C)cc1. The molecule has 3 atom stereocenters. The normalized spacial score (nSPS) is 23.8. The van der Waals surface area contributed by atoms with Crippen LogP contribution in [-0.4, -0.2) is 35.6 Å². The molecule has 1 fully saturated rings. The largest absolute Gasteiger partial charge is 0.458 e. The zero-order chi connectivity index (χ0) is 17.9. The number of rotatable bonds is 4. The Labute approximate surface area is 147 Å². The number of benzene rings is 1. The standard InChI is InChI=1S/C21H33NO2/c1-15-8-7-9-16(2)22(15)14-17(3)24-20(23)18-10-12-19(13-11-18)21(4,5)6/h10-13,15-17H,7-9,14H2,1-6H3/t15-,16-,17-/m0/s1. The smallest absolute Gasteiger partial charge is 0.338 e. The van der Waals surface area contributed by atoms with Crippen LogP contribution in [0, 0.1) is 0 Å². The first-order valence-corrected chi connectivity index (χ1v) is 9.25. The lowest BCUT2D eigenvalue weighted by Crippen LogP contribution is -2.47. The minimum atomic E-state index is -0.222. The second-order valence-corrected chi connectivity index (χ2v) is 8.37. The van der Waals surface area contributed by atoms with Gasteiger partial charge in [0.2, 0.25) is 0 Å². The zero-order valence-corrected chi connectivity index (χ0v) is 16.1. The van der Waals surface area contributed by atoms with Gasteiger partial charge in [-0.05, 0) is 56.7 Å². The Balaban J connectivity index is 1.93. The fourth-order valence-corrected chi connectivity index (χ4v) is 3.53. The molecule has 1 saturated heterocycles. The number of piperidine rings is 1. The molecule has 0 saturated carbocycles. The highest BCUT2D eigenvalue weighted by Crippen LogP contribution is 2.24. The topological polar surface area (TPSA) is 29.5 Å². The third-order valence-electron chi connectivity index (χ3n) is 5.14. The highest BCUT2D eigenvalue weighted by molar-refractivity contribution is 5.89. The van der Waals surface area contributed by atoms with Gasteiger partial charge in [0.15, 0.2) is 0 Å². The molecule has 2 rings (SSSR count). The van der Waals surface area contributed by atoms with Crippen molar-refractivity contribution in [2.75, 3.05) is 6.54 Å². The van der Waals surface area contributed by atoms with Crippen molar-refractivity contribution in [2.45, 2.75) is 84.4 Å². The quantitative estimate of drug-likeness (QED) is 0.743. The molecule has 24 heavy (non-hydrogen) atoms. The summed E-state index contributed by atoms with van der Waals surface area (Å²) in [6.07, 6.45) is 3.67. The Kier molecular flexibility index (Phi) is 6.08.